The highest BCUT2D eigenvalue weighted by molar-refractivity contribution is 7.91. The third-order valence-corrected chi connectivity index (χ3v) is 18.1. The van der Waals surface area contributed by atoms with Crippen molar-refractivity contribution in [1.29, 1.82) is 0 Å². The van der Waals surface area contributed by atoms with E-state index in [1.54, 1.807) is 72.8 Å². The van der Waals surface area contributed by atoms with Gasteiger partial charge in [0.2, 0.25) is 11.8 Å². The van der Waals surface area contributed by atoms with Crippen molar-refractivity contribution >= 4 is 49.6 Å². The summed E-state index contributed by atoms with van der Waals surface area (Å²) in [6.45, 7) is 0.321. The van der Waals surface area contributed by atoms with Crippen molar-refractivity contribution < 1.29 is 58.4 Å². The van der Waals surface area contributed by atoms with E-state index in [1.807, 2.05) is 24.3 Å². The molecule has 4 amide bonds. The lowest BCUT2D eigenvalue weighted by Crippen LogP contribution is -2.53. The van der Waals surface area contributed by atoms with Gasteiger partial charge >= 0.3 is 0 Å². The molecule has 4 aliphatic rings. The zero-order chi connectivity index (χ0) is 57.8. The number of rotatable bonds is 16. The standard InChI is InChI=1S/C31H32F2N2O4S.C21H21FN2O5S.C9H10FN/c32-26-12-8-22(9-13-26)21-4-6-24(7-5-21)30(36)34-29(31(37)35-16-18-40(38,39)19-17-35)3-1-2-25-20-28(25)23-10-14-27(33)15-11-23;22-18-7-5-16(6-8-18)15-1-3-17(4-2-15)20(26)23-19(9-12-25)21(27)24-10-13-30(28,29)14-11-24;10-7-3-1-6(2-4-7)8-5-9(8)11/h4-15,25,28-29H,1-3,16-20H2,(H,34,36);1-8,12,19H,9-11,13-14H2,(H,23,26);1-4,8-9H,5,11H2/t25-,28+,29+;19-;8-,9+/m100/s1. The third kappa shape index (κ3) is 17.0. The Bertz CT molecular complexity index is 3370. The van der Waals surface area contributed by atoms with Gasteiger partial charge in [0.1, 0.15) is 41.6 Å². The Balaban J connectivity index is 0.000000183. The second kappa shape index (κ2) is 26.8. The van der Waals surface area contributed by atoms with Crippen LogP contribution in [0.4, 0.5) is 17.6 Å². The van der Waals surface area contributed by atoms with E-state index in [2.05, 4.69) is 10.6 Å². The van der Waals surface area contributed by atoms with Crippen LogP contribution in [0.3, 0.4) is 0 Å². The molecular formula is C61H63F4N5O9S2. The molecule has 4 fully saturated rings. The highest BCUT2D eigenvalue weighted by Gasteiger charge is 2.39. The van der Waals surface area contributed by atoms with Crippen molar-refractivity contribution in [2.45, 2.75) is 68.5 Å². The first-order chi connectivity index (χ1) is 38.7. The van der Waals surface area contributed by atoms with Crippen LogP contribution in [0.15, 0.2) is 146 Å². The maximum absolute atomic E-state index is 13.4. The Morgan fingerprint density at radius 3 is 1.21 bits per heavy atom. The van der Waals surface area contributed by atoms with Crippen molar-refractivity contribution in [3.63, 3.8) is 0 Å². The lowest BCUT2D eigenvalue weighted by Gasteiger charge is -2.30. The Hall–Kier alpha value is -7.55. The Morgan fingerprint density at radius 2 is 0.840 bits per heavy atom. The van der Waals surface area contributed by atoms with Gasteiger partial charge in [0, 0.05) is 55.7 Å². The van der Waals surface area contributed by atoms with Gasteiger partial charge in [-0.3, -0.25) is 19.2 Å². The summed E-state index contributed by atoms with van der Waals surface area (Å²) in [5, 5.41) is 5.45. The quantitative estimate of drug-likeness (QED) is 0.0627. The molecule has 20 heteroatoms. The zero-order valence-corrected chi connectivity index (χ0v) is 45.9. The number of amides is 4. The number of hydrogen-bond acceptors (Lipinski definition) is 10. The zero-order valence-electron chi connectivity index (χ0n) is 44.3. The molecule has 2 heterocycles. The number of sulfone groups is 2. The van der Waals surface area contributed by atoms with Gasteiger partial charge in [-0.15, -0.1) is 0 Å². The Labute approximate surface area is 469 Å². The Morgan fingerprint density at radius 1 is 0.506 bits per heavy atom. The Kier molecular flexibility index (Phi) is 19.7. The van der Waals surface area contributed by atoms with Gasteiger partial charge in [-0.25, -0.2) is 34.4 Å². The van der Waals surface area contributed by atoms with Gasteiger partial charge in [-0.2, -0.15) is 0 Å². The van der Waals surface area contributed by atoms with Crippen LogP contribution in [-0.4, -0.2) is 124 Å². The van der Waals surface area contributed by atoms with Crippen LogP contribution in [0.2, 0.25) is 0 Å². The maximum atomic E-state index is 13.4. The highest BCUT2D eigenvalue weighted by atomic mass is 32.2. The van der Waals surface area contributed by atoms with Crippen LogP contribution in [-0.2, 0) is 34.1 Å². The highest BCUT2D eigenvalue weighted by Crippen LogP contribution is 2.50. The van der Waals surface area contributed by atoms with Crippen LogP contribution < -0.4 is 16.4 Å². The van der Waals surface area contributed by atoms with E-state index >= 15 is 0 Å². The van der Waals surface area contributed by atoms with E-state index in [0.717, 1.165) is 47.1 Å². The summed E-state index contributed by atoms with van der Waals surface area (Å²) < 4.78 is 98.8. The summed E-state index contributed by atoms with van der Waals surface area (Å²) in [5.74, 6) is -1.85. The molecule has 2 aliphatic carbocycles. The molecule has 81 heavy (non-hydrogen) atoms. The SMILES string of the molecule is N[C@@H]1C[C@H]1c1ccc(F)cc1.O=C(N[C@@H](CCC[C@@H]1C[C@H]1c1ccc(F)cc1)C(=O)N1CCS(=O)(=O)CC1)c1ccc(-c2ccc(F)cc2)cc1.O=CC[C@H](NC(=O)c1ccc(-c2ccc(F)cc2)cc1)C(=O)N1CCS(=O)(=O)CC1. The molecule has 0 radical (unpaired) electrons. The predicted molar refractivity (Wildman–Crippen MR) is 300 cm³/mol. The molecule has 0 spiro atoms. The van der Waals surface area contributed by atoms with Gasteiger partial charge in [-0.05, 0) is 144 Å². The minimum absolute atomic E-state index is 0.0404. The average Bonchev–Trinajstić information content (AvgIpc) is 4.52. The topological polar surface area (TPSA) is 210 Å². The number of aldehydes is 1. The van der Waals surface area contributed by atoms with Crippen molar-refractivity contribution in [3.05, 3.63) is 191 Å². The number of nitrogens with two attached hydrogens (primary N) is 1. The molecule has 2 saturated heterocycles. The van der Waals surface area contributed by atoms with E-state index in [1.165, 1.54) is 63.9 Å². The van der Waals surface area contributed by atoms with Crippen molar-refractivity contribution in [2.75, 3.05) is 49.2 Å². The van der Waals surface area contributed by atoms with Crippen molar-refractivity contribution in [3.8, 4) is 22.3 Å². The lowest BCUT2D eigenvalue weighted by atomic mass is 10.0. The van der Waals surface area contributed by atoms with Crippen LogP contribution in [0, 0.1) is 29.2 Å². The van der Waals surface area contributed by atoms with E-state index < -0.39 is 43.6 Å². The normalized spacial score (nSPS) is 20.1. The lowest BCUT2D eigenvalue weighted by molar-refractivity contribution is -0.134. The molecule has 0 aromatic heterocycles. The van der Waals surface area contributed by atoms with Gasteiger partial charge in [0.05, 0.1) is 23.0 Å². The summed E-state index contributed by atoms with van der Waals surface area (Å²) in [4.78, 5) is 65.7. The molecule has 6 aromatic rings. The molecule has 6 atom stereocenters. The molecular weight excluding hydrogens is 1090 g/mol. The first-order valence-corrected chi connectivity index (χ1v) is 30.4. The van der Waals surface area contributed by atoms with Crippen LogP contribution in [0.25, 0.3) is 22.3 Å². The van der Waals surface area contributed by atoms with Crippen LogP contribution in [0.5, 0.6) is 0 Å². The summed E-state index contributed by atoms with van der Waals surface area (Å²) >= 11 is 0. The minimum Gasteiger partial charge on any atom is -0.340 e. The van der Waals surface area contributed by atoms with Gasteiger partial charge < -0.3 is 31.0 Å². The maximum Gasteiger partial charge on any atom is 0.251 e. The third-order valence-electron chi connectivity index (χ3n) is 14.9. The molecule has 14 nitrogen and oxygen atoms in total. The van der Waals surface area contributed by atoms with Crippen molar-refractivity contribution in [1.82, 2.24) is 20.4 Å². The fourth-order valence-electron chi connectivity index (χ4n) is 9.85. The minimum atomic E-state index is -3.15. The largest absolute Gasteiger partial charge is 0.340 e. The van der Waals surface area contributed by atoms with Gasteiger partial charge in [0.15, 0.2) is 19.7 Å². The number of carbonyl (C=O) groups excluding carboxylic acids is 5. The van der Waals surface area contributed by atoms with E-state index in [9.17, 15) is 58.4 Å². The number of benzene rings is 6. The van der Waals surface area contributed by atoms with Crippen molar-refractivity contribution in [2.24, 2.45) is 11.7 Å². The monoisotopic (exact) mass is 1150 g/mol. The summed E-state index contributed by atoms with van der Waals surface area (Å²) in [6, 6.07) is 37.1. The molecule has 0 bridgehead atoms. The molecule has 10 rings (SSSR count). The van der Waals surface area contributed by atoms with E-state index in [-0.39, 0.29) is 90.7 Å². The summed E-state index contributed by atoms with van der Waals surface area (Å²) in [5.41, 5.74) is 11.8. The molecule has 2 aliphatic heterocycles. The second-order valence-corrected chi connectivity index (χ2v) is 25.3. The van der Waals surface area contributed by atoms with E-state index in [0.29, 0.717) is 54.1 Å². The first kappa shape index (κ1) is 59.6. The van der Waals surface area contributed by atoms with Gasteiger partial charge in [0.25, 0.3) is 11.8 Å². The number of halogens is 4. The van der Waals surface area contributed by atoms with Crippen LogP contribution in [0.1, 0.15) is 82.2 Å². The first-order valence-electron chi connectivity index (χ1n) is 26.8. The summed E-state index contributed by atoms with van der Waals surface area (Å²) in [6.07, 6.45) is 4.43. The fourth-order valence-corrected chi connectivity index (χ4v) is 12.3. The predicted octanol–water partition coefficient (Wildman–Crippen LogP) is 8.04. The molecule has 4 N–H and O–H groups in total. The number of carbonyl (C=O) groups is 5. The molecule has 2 saturated carbocycles. The van der Waals surface area contributed by atoms with Crippen LogP contribution >= 0.6 is 0 Å². The molecule has 426 valence electrons. The smallest absolute Gasteiger partial charge is 0.251 e. The average molecular weight is 1150 g/mol. The van der Waals surface area contributed by atoms with Gasteiger partial charge in [-0.1, -0.05) is 79.2 Å². The number of nitrogens with one attached hydrogen (secondary N) is 2. The fraction of sp³-hybridized carbons (Fsp3) is 0.328. The van der Waals surface area contributed by atoms with E-state index in [4.69, 9.17) is 5.73 Å². The summed E-state index contributed by atoms with van der Waals surface area (Å²) in [7, 11) is -6.31. The number of hydrogen-bond donors (Lipinski definition) is 3. The second-order valence-electron chi connectivity index (χ2n) is 20.7. The number of nitrogens with zero attached hydrogens (tertiary/aromatic N) is 2. The molecule has 0 unspecified atom stereocenters. The molecule has 6 aromatic carbocycles.